The van der Waals surface area contributed by atoms with Gasteiger partial charge in [-0.1, -0.05) is 30.9 Å². The highest BCUT2D eigenvalue weighted by atomic mass is 14.8. The van der Waals surface area contributed by atoms with E-state index in [0.717, 1.165) is 19.5 Å². The van der Waals surface area contributed by atoms with E-state index in [0.29, 0.717) is 0 Å². The Morgan fingerprint density at radius 1 is 1.60 bits per heavy atom. The summed E-state index contributed by atoms with van der Waals surface area (Å²) >= 11 is 0. The molecule has 1 aliphatic rings. The third-order valence-corrected chi connectivity index (χ3v) is 1.55. The summed E-state index contributed by atoms with van der Waals surface area (Å²) in [5.41, 5.74) is 1.42. The third-order valence-electron chi connectivity index (χ3n) is 1.55. The molecule has 0 fully saturated rings. The van der Waals surface area contributed by atoms with Crippen LogP contribution in [0.5, 0.6) is 0 Å². The van der Waals surface area contributed by atoms with Crippen molar-refractivity contribution in [1.82, 2.24) is 5.32 Å². The maximum Gasteiger partial charge on any atom is 0.0140 e. The SMILES string of the molecule is C=C/C=C\C1=CCNCC1. The second-order valence-electron chi connectivity index (χ2n) is 2.33. The molecule has 1 heterocycles. The normalized spacial score (nSPS) is 19.0. The summed E-state index contributed by atoms with van der Waals surface area (Å²) in [5.74, 6) is 0. The zero-order valence-corrected chi connectivity index (χ0v) is 6.14. The van der Waals surface area contributed by atoms with Gasteiger partial charge < -0.3 is 5.32 Å². The molecule has 1 rings (SSSR count). The first-order chi connectivity index (χ1) is 4.93. The van der Waals surface area contributed by atoms with Crippen molar-refractivity contribution in [3.05, 3.63) is 36.5 Å². The number of hydrogen-bond donors (Lipinski definition) is 1. The molecule has 54 valence electrons. The molecule has 1 N–H and O–H groups in total. The first-order valence-electron chi connectivity index (χ1n) is 3.62. The Morgan fingerprint density at radius 3 is 3.10 bits per heavy atom. The van der Waals surface area contributed by atoms with Gasteiger partial charge in [-0.05, 0) is 18.5 Å². The second-order valence-corrected chi connectivity index (χ2v) is 2.33. The summed E-state index contributed by atoms with van der Waals surface area (Å²) in [4.78, 5) is 0. The van der Waals surface area contributed by atoms with Gasteiger partial charge in [-0.2, -0.15) is 0 Å². The molecule has 1 heteroatoms. The van der Waals surface area contributed by atoms with Gasteiger partial charge >= 0.3 is 0 Å². The van der Waals surface area contributed by atoms with E-state index in [1.54, 1.807) is 0 Å². The molecular weight excluding hydrogens is 122 g/mol. The van der Waals surface area contributed by atoms with E-state index in [2.05, 4.69) is 24.0 Å². The highest BCUT2D eigenvalue weighted by molar-refractivity contribution is 5.23. The highest BCUT2D eigenvalue weighted by Gasteiger charge is 1.96. The van der Waals surface area contributed by atoms with E-state index in [1.807, 2.05) is 12.2 Å². The van der Waals surface area contributed by atoms with Crippen LogP contribution in [0.25, 0.3) is 0 Å². The molecule has 0 amide bonds. The van der Waals surface area contributed by atoms with Crippen molar-refractivity contribution >= 4 is 0 Å². The Hall–Kier alpha value is -0.820. The third kappa shape index (κ3) is 2.19. The molecule has 0 aromatic heterocycles. The van der Waals surface area contributed by atoms with Gasteiger partial charge in [-0.15, -0.1) is 0 Å². The van der Waals surface area contributed by atoms with Gasteiger partial charge in [0, 0.05) is 6.54 Å². The Kier molecular flexibility index (Phi) is 2.97. The minimum absolute atomic E-state index is 1.01. The molecule has 0 aromatic rings. The summed E-state index contributed by atoms with van der Waals surface area (Å²) < 4.78 is 0. The van der Waals surface area contributed by atoms with Crippen molar-refractivity contribution in [3.63, 3.8) is 0 Å². The summed E-state index contributed by atoms with van der Waals surface area (Å²) in [6.45, 7) is 5.73. The van der Waals surface area contributed by atoms with Crippen LogP contribution in [0.3, 0.4) is 0 Å². The van der Waals surface area contributed by atoms with E-state index >= 15 is 0 Å². The predicted octanol–water partition coefficient (Wildman–Crippen LogP) is 1.65. The molecule has 0 radical (unpaired) electrons. The first kappa shape index (κ1) is 7.29. The lowest BCUT2D eigenvalue weighted by Crippen LogP contribution is -2.19. The standard InChI is InChI=1S/C9H13N/c1-2-3-4-9-5-7-10-8-6-9/h2-5,10H,1,6-8H2/b4-3-. The van der Waals surface area contributed by atoms with Gasteiger partial charge in [0.2, 0.25) is 0 Å². The van der Waals surface area contributed by atoms with E-state index in [4.69, 9.17) is 0 Å². The van der Waals surface area contributed by atoms with Crippen molar-refractivity contribution in [2.45, 2.75) is 6.42 Å². The van der Waals surface area contributed by atoms with Crippen LogP contribution in [0.1, 0.15) is 6.42 Å². The van der Waals surface area contributed by atoms with Crippen LogP contribution >= 0.6 is 0 Å². The van der Waals surface area contributed by atoms with Crippen LogP contribution in [0.15, 0.2) is 36.5 Å². The van der Waals surface area contributed by atoms with Crippen LogP contribution < -0.4 is 5.32 Å². The van der Waals surface area contributed by atoms with Crippen molar-refractivity contribution in [2.24, 2.45) is 0 Å². The molecule has 0 aromatic carbocycles. The molecule has 0 saturated carbocycles. The Balaban J connectivity index is 2.45. The lowest BCUT2D eigenvalue weighted by atomic mass is 10.1. The lowest BCUT2D eigenvalue weighted by Gasteiger charge is -2.09. The number of hydrogen-bond acceptors (Lipinski definition) is 1. The van der Waals surface area contributed by atoms with Crippen LogP contribution in [-0.4, -0.2) is 13.1 Å². The van der Waals surface area contributed by atoms with E-state index in [-0.39, 0.29) is 0 Å². The molecule has 0 saturated heterocycles. The average Bonchev–Trinajstić information content (AvgIpc) is 2.03. The summed E-state index contributed by atoms with van der Waals surface area (Å²) in [7, 11) is 0. The molecule has 0 unspecified atom stereocenters. The zero-order valence-electron chi connectivity index (χ0n) is 6.14. The lowest BCUT2D eigenvalue weighted by molar-refractivity contribution is 0.713. The quantitative estimate of drug-likeness (QED) is 0.568. The second kappa shape index (κ2) is 4.07. The van der Waals surface area contributed by atoms with Crippen LogP contribution in [-0.2, 0) is 0 Å². The predicted molar refractivity (Wildman–Crippen MR) is 44.9 cm³/mol. The van der Waals surface area contributed by atoms with Crippen molar-refractivity contribution in [1.29, 1.82) is 0 Å². The molecule has 1 nitrogen and oxygen atoms in total. The molecule has 0 atom stereocenters. The molecule has 1 aliphatic heterocycles. The molecule has 0 spiro atoms. The fraction of sp³-hybridized carbons (Fsp3) is 0.333. The number of allylic oxidation sites excluding steroid dienone is 3. The summed E-state index contributed by atoms with van der Waals surface area (Å²) in [5, 5.41) is 3.26. The fourth-order valence-corrected chi connectivity index (χ4v) is 0.983. The Morgan fingerprint density at radius 2 is 2.50 bits per heavy atom. The van der Waals surface area contributed by atoms with Gasteiger partial charge in [0.05, 0.1) is 0 Å². The largest absolute Gasteiger partial charge is 0.313 e. The topological polar surface area (TPSA) is 12.0 Å². The molecular formula is C9H13N. The number of nitrogens with one attached hydrogen (secondary N) is 1. The molecule has 0 aliphatic carbocycles. The minimum atomic E-state index is 1.01. The maximum absolute atomic E-state index is 3.62. The van der Waals surface area contributed by atoms with Crippen LogP contribution in [0.2, 0.25) is 0 Å². The van der Waals surface area contributed by atoms with E-state index in [1.165, 1.54) is 5.57 Å². The summed E-state index contributed by atoms with van der Waals surface area (Å²) in [6.07, 6.45) is 9.27. The summed E-state index contributed by atoms with van der Waals surface area (Å²) in [6, 6.07) is 0. The van der Waals surface area contributed by atoms with Crippen molar-refractivity contribution in [3.8, 4) is 0 Å². The van der Waals surface area contributed by atoms with Crippen molar-refractivity contribution in [2.75, 3.05) is 13.1 Å². The van der Waals surface area contributed by atoms with Gasteiger partial charge in [0.15, 0.2) is 0 Å². The van der Waals surface area contributed by atoms with Crippen LogP contribution in [0, 0.1) is 0 Å². The molecule has 10 heavy (non-hydrogen) atoms. The first-order valence-corrected chi connectivity index (χ1v) is 3.62. The van der Waals surface area contributed by atoms with Crippen molar-refractivity contribution < 1.29 is 0 Å². The van der Waals surface area contributed by atoms with E-state index < -0.39 is 0 Å². The average molecular weight is 135 g/mol. The Bertz CT molecular complexity index is 163. The Labute approximate surface area is 62.1 Å². The van der Waals surface area contributed by atoms with Gasteiger partial charge in [-0.3, -0.25) is 0 Å². The zero-order chi connectivity index (χ0) is 7.23. The van der Waals surface area contributed by atoms with Gasteiger partial charge in [-0.25, -0.2) is 0 Å². The highest BCUT2D eigenvalue weighted by Crippen LogP contribution is 2.04. The van der Waals surface area contributed by atoms with Crippen LogP contribution in [0.4, 0.5) is 0 Å². The smallest absolute Gasteiger partial charge is 0.0140 e. The van der Waals surface area contributed by atoms with Gasteiger partial charge in [0.25, 0.3) is 0 Å². The minimum Gasteiger partial charge on any atom is -0.313 e. The molecule has 0 bridgehead atoms. The maximum atomic E-state index is 3.62. The fourth-order valence-electron chi connectivity index (χ4n) is 0.983. The van der Waals surface area contributed by atoms with Gasteiger partial charge in [0.1, 0.15) is 0 Å². The number of rotatable bonds is 2. The van der Waals surface area contributed by atoms with E-state index in [9.17, 15) is 0 Å². The monoisotopic (exact) mass is 135 g/mol.